The van der Waals surface area contributed by atoms with Gasteiger partial charge in [-0.05, 0) is 44.5 Å². The molecule has 1 atom stereocenters. The van der Waals surface area contributed by atoms with E-state index in [1.54, 1.807) is 11.9 Å². The molecule has 0 unspecified atom stereocenters. The summed E-state index contributed by atoms with van der Waals surface area (Å²) in [5, 5.41) is 6.41. The molecule has 5 rings (SSSR count). The number of rotatable bonds is 5. The van der Waals surface area contributed by atoms with Crippen LogP contribution in [0.15, 0.2) is 95.0 Å². The quantitative estimate of drug-likeness (QED) is 0.485. The molecule has 2 heterocycles. The van der Waals surface area contributed by atoms with Crippen LogP contribution in [0, 0.1) is 13.8 Å². The highest BCUT2D eigenvalue weighted by Crippen LogP contribution is 2.37. The molecule has 3 aromatic carbocycles. The number of guanidine groups is 1. The minimum atomic E-state index is -0.474. The Labute approximate surface area is 199 Å². The van der Waals surface area contributed by atoms with E-state index < -0.39 is 5.97 Å². The fourth-order valence-electron chi connectivity index (χ4n) is 4.08. The van der Waals surface area contributed by atoms with E-state index >= 15 is 0 Å². The molecule has 0 saturated heterocycles. The molecule has 6 nitrogen and oxygen atoms in total. The van der Waals surface area contributed by atoms with Crippen LogP contribution in [0.4, 0.5) is 5.69 Å². The number of para-hydroxylation sites is 1. The molecule has 0 N–H and O–H groups in total. The summed E-state index contributed by atoms with van der Waals surface area (Å²) in [7, 11) is 0. The normalized spacial score (nSPS) is 17.0. The van der Waals surface area contributed by atoms with Gasteiger partial charge >= 0.3 is 5.97 Å². The average molecular weight is 451 g/mol. The van der Waals surface area contributed by atoms with Gasteiger partial charge in [0.25, 0.3) is 0 Å². The van der Waals surface area contributed by atoms with Gasteiger partial charge in [-0.25, -0.2) is 9.79 Å². The number of carbonyl (C=O) groups excluding carboxylic acids is 1. The summed E-state index contributed by atoms with van der Waals surface area (Å²) in [5.74, 6) is 0.310. The van der Waals surface area contributed by atoms with Gasteiger partial charge in [-0.2, -0.15) is 5.01 Å². The van der Waals surface area contributed by atoms with Crippen molar-refractivity contribution in [2.24, 2.45) is 10.1 Å². The van der Waals surface area contributed by atoms with E-state index in [1.165, 1.54) is 11.1 Å². The number of carbonyl (C=O) groups is 1. The number of aryl methyl sites for hydroxylation is 2. The summed E-state index contributed by atoms with van der Waals surface area (Å²) in [6.07, 6.45) is 2.09. The Bertz CT molecular complexity index is 1290. The van der Waals surface area contributed by atoms with Crippen molar-refractivity contribution < 1.29 is 9.53 Å². The van der Waals surface area contributed by atoms with Gasteiger partial charge in [-0.3, -0.25) is 4.90 Å². The van der Waals surface area contributed by atoms with Crippen LogP contribution < -0.4 is 5.01 Å². The molecule has 0 bridgehead atoms. The minimum Gasteiger partial charge on any atom is -0.460 e. The van der Waals surface area contributed by atoms with Gasteiger partial charge in [0.2, 0.25) is 11.8 Å². The third kappa shape index (κ3) is 3.99. The molecule has 170 valence electrons. The lowest BCUT2D eigenvalue weighted by Crippen LogP contribution is -2.44. The Morgan fingerprint density at radius 2 is 1.56 bits per heavy atom. The lowest BCUT2D eigenvalue weighted by molar-refractivity contribution is -0.135. The number of nitrogens with zero attached hydrogens (tertiary/aromatic N) is 4. The third-order valence-electron chi connectivity index (χ3n) is 5.87. The average Bonchev–Trinajstić information content (AvgIpc) is 3.25. The predicted molar refractivity (Wildman–Crippen MR) is 135 cm³/mol. The number of benzene rings is 3. The second-order valence-electron chi connectivity index (χ2n) is 8.35. The highest BCUT2D eigenvalue weighted by molar-refractivity contribution is 6.41. The first-order valence-corrected chi connectivity index (χ1v) is 11.4. The number of hydrogen-bond acceptors (Lipinski definition) is 6. The number of ether oxygens (including phenoxy) is 1. The summed E-state index contributed by atoms with van der Waals surface area (Å²) < 4.78 is 5.37. The fourth-order valence-corrected chi connectivity index (χ4v) is 4.08. The Morgan fingerprint density at radius 3 is 2.21 bits per heavy atom. The van der Waals surface area contributed by atoms with E-state index in [2.05, 4.69) is 68.5 Å². The maximum absolute atomic E-state index is 13.0. The van der Waals surface area contributed by atoms with Crippen molar-refractivity contribution in [1.29, 1.82) is 0 Å². The van der Waals surface area contributed by atoms with E-state index in [0.29, 0.717) is 5.96 Å². The minimum absolute atomic E-state index is 0.217. The van der Waals surface area contributed by atoms with Crippen LogP contribution in [0.1, 0.15) is 35.2 Å². The molecule has 2 aliphatic heterocycles. The highest BCUT2D eigenvalue weighted by Gasteiger charge is 2.43. The van der Waals surface area contributed by atoms with Crippen LogP contribution in [-0.2, 0) is 9.53 Å². The van der Waals surface area contributed by atoms with E-state index in [-0.39, 0.29) is 18.5 Å². The molecule has 0 aliphatic carbocycles. The smallest absolute Gasteiger partial charge is 0.376 e. The van der Waals surface area contributed by atoms with Gasteiger partial charge in [-0.1, -0.05) is 77.9 Å². The van der Waals surface area contributed by atoms with Crippen LogP contribution in [-0.4, -0.2) is 29.3 Å². The monoisotopic (exact) mass is 450 g/mol. The van der Waals surface area contributed by atoms with Crippen molar-refractivity contribution in [2.75, 3.05) is 11.6 Å². The Kier molecular flexibility index (Phi) is 5.72. The summed E-state index contributed by atoms with van der Waals surface area (Å²) in [5.41, 5.74) is 6.05. The SMILES string of the molecule is CCOC(=O)C1=NN(c2ccccc2)C2=NC(c3ccc(C)cc3)=C[C@@H](c3ccc(C)cc3)N12. The molecule has 2 aliphatic rings. The predicted octanol–water partition coefficient (Wildman–Crippen LogP) is 5.45. The molecule has 0 saturated carbocycles. The van der Waals surface area contributed by atoms with Crippen LogP contribution in [0.25, 0.3) is 5.70 Å². The molecule has 0 fully saturated rings. The number of hydrogen-bond donors (Lipinski definition) is 0. The third-order valence-corrected chi connectivity index (χ3v) is 5.87. The van der Waals surface area contributed by atoms with E-state index in [4.69, 9.17) is 14.8 Å². The van der Waals surface area contributed by atoms with Gasteiger partial charge < -0.3 is 4.74 Å². The van der Waals surface area contributed by atoms with E-state index in [0.717, 1.165) is 22.5 Å². The van der Waals surface area contributed by atoms with Gasteiger partial charge in [0.15, 0.2) is 0 Å². The summed E-state index contributed by atoms with van der Waals surface area (Å²) in [6.45, 7) is 6.18. The molecule has 0 spiro atoms. The molecular formula is C28H26N4O2. The number of fused-ring (bicyclic) bond motifs is 1. The first-order valence-electron chi connectivity index (χ1n) is 11.4. The van der Waals surface area contributed by atoms with Crippen molar-refractivity contribution in [3.05, 3.63) is 107 Å². The lowest BCUT2D eigenvalue weighted by Gasteiger charge is -2.32. The van der Waals surface area contributed by atoms with Crippen molar-refractivity contribution in [1.82, 2.24) is 4.90 Å². The summed E-state index contributed by atoms with van der Waals surface area (Å²) >= 11 is 0. The number of hydrazone groups is 1. The molecule has 0 amide bonds. The van der Waals surface area contributed by atoms with Crippen molar-refractivity contribution in [3.63, 3.8) is 0 Å². The van der Waals surface area contributed by atoms with Gasteiger partial charge in [0.1, 0.15) is 0 Å². The van der Waals surface area contributed by atoms with Gasteiger partial charge in [-0.15, -0.1) is 5.10 Å². The van der Waals surface area contributed by atoms with Crippen LogP contribution in [0.5, 0.6) is 0 Å². The number of aliphatic imine (C=N–C) groups is 1. The fraction of sp³-hybridized carbons (Fsp3) is 0.179. The number of anilines is 1. The van der Waals surface area contributed by atoms with Gasteiger partial charge in [0, 0.05) is 5.56 Å². The number of amidine groups is 1. The standard InChI is InChI=1S/C28H26N4O2/c1-4-34-27(33)26-30-32(23-8-6-5-7-9-23)28-29-24(21-14-10-19(2)11-15-21)18-25(31(26)28)22-16-12-20(3)13-17-22/h5-18,25H,4H2,1-3H3/t25-/m0/s1. The van der Waals surface area contributed by atoms with E-state index in [1.807, 2.05) is 35.2 Å². The van der Waals surface area contributed by atoms with Crippen LogP contribution in [0.3, 0.4) is 0 Å². The zero-order valence-corrected chi connectivity index (χ0v) is 19.5. The molecule has 0 radical (unpaired) electrons. The molecule has 6 heteroatoms. The largest absolute Gasteiger partial charge is 0.460 e. The molecular weight excluding hydrogens is 424 g/mol. The lowest BCUT2D eigenvalue weighted by atomic mass is 9.99. The number of esters is 1. The van der Waals surface area contributed by atoms with Crippen molar-refractivity contribution >= 4 is 29.1 Å². The zero-order valence-electron chi connectivity index (χ0n) is 19.5. The Balaban J connectivity index is 1.68. The summed E-state index contributed by atoms with van der Waals surface area (Å²) in [4.78, 5) is 19.9. The Morgan fingerprint density at radius 1 is 0.912 bits per heavy atom. The van der Waals surface area contributed by atoms with Crippen molar-refractivity contribution in [3.8, 4) is 0 Å². The first kappa shape index (κ1) is 21.6. The van der Waals surface area contributed by atoms with Crippen LogP contribution >= 0.6 is 0 Å². The van der Waals surface area contributed by atoms with Crippen molar-refractivity contribution in [2.45, 2.75) is 26.8 Å². The first-order chi connectivity index (χ1) is 16.5. The van der Waals surface area contributed by atoms with Crippen LogP contribution in [0.2, 0.25) is 0 Å². The second-order valence-corrected chi connectivity index (χ2v) is 8.35. The zero-order chi connectivity index (χ0) is 23.7. The second kappa shape index (κ2) is 8.98. The Hall–Kier alpha value is -4.19. The van der Waals surface area contributed by atoms with Gasteiger partial charge in [0.05, 0.1) is 24.0 Å². The summed E-state index contributed by atoms with van der Waals surface area (Å²) in [6, 6.07) is 26.1. The maximum Gasteiger partial charge on any atom is 0.376 e. The molecule has 34 heavy (non-hydrogen) atoms. The molecule has 3 aromatic rings. The van der Waals surface area contributed by atoms with E-state index in [9.17, 15) is 4.79 Å². The highest BCUT2D eigenvalue weighted by atomic mass is 16.5. The maximum atomic E-state index is 13.0. The topological polar surface area (TPSA) is 57.5 Å². The molecule has 0 aromatic heterocycles.